The zero-order chi connectivity index (χ0) is 10.3. The van der Waals surface area contributed by atoms with Gasteiger partial charge in [-0.25, -0.2) is 5.84 Å². The molecule has 0 saturated heterocycles. The van der Waals surface area contributed by atoms with Gasteiger partial charge in [-0.15, -0.1) is 0 Å². The predicted octanol–water partition coefficient (Wildman–Crippen LogP) is 1.99. The summed E-state index contributed by atoms with van der Waals surface area (Å²) in [5, 5.41) is 1.43. The quantitative estimate of drug-likeness (QED) is 0.400. The summed E-state index contributed by atoms with van der Waals surface area (Å²) in [5.41, 5.74) is 1.89. The number of benzene rings is 1. The van der Waals surface area contributed by atoms with Crippen LogP contribution in [0.1, 0.15) is 6.92 Å². The highest BCUT2D eigenvalue weighted by Crippen LogP contribution is 2.12. The molecule has 0 aliphatic carbocycles. The summed E-state index contributed by atoms with van der Waals surface area (Å²) < 4.78 is 0. The van der Waals surface area contributed by atoms with Crippen LogP contribution in [0.5, 0.6) is 0 Å². The molecule has 1 amide bonds. The molecule has 0 aliphatic rings. The molecule has 5 heteroatoms. The number of nitrogens with one attached hydrogen (secondary N) is 1. The zero-order valence-electron chi connectivity index (χ0n) is 7.05. The molecule has 0 atom stereocenters. The van der Waals surface area contributed by atoms with Crippen LogP contribution in [0.25, 0.3) is 0 Å². The molecule has 0 aliphatic heterocycles. The van der Waals surface area contributed by atoms with Gasteiger partial charge in [-0.05, 0) is 24.3 Å². The monoisotopic (exact) mass is 220 g/mol. The number of hydrogen-bond donors (Lipinski definition) is 2. The van der Waals surface area contributed by atoms with E-state index in [2.05, 4.69) is 5.84 Å². The van der Waals surface area contributed by atoms with Crippen molar-refractivity contribution in [3.8, 4) is 0 Å². The number of nitrogens with two attached hydrogens (primary N) is 1. The Morgan fingerprint density at radius 1 is 1.23 bits per heavy atom. The van der Waals surface area contributed by atoms with E-state index >= 15 is 0 Å². The van der Waals surface area contributed by atoms with Gasteiger partial charge in [0.15, 0.2) is 0 Å². The molecule has 3 nitrogen and oxygen atoms in total. The van der Waals surface area contributed by atoms with Crippen LogP contribution in [0, 0.1) is 0 Å². The maximum atomic E-state index is 9.58. The molecular formula is C8H10Cl2N2O. The molecule has 0 radical (unpaired) electrons. The lowest BCUT2D eigenvalue weighted by Gasteiger charge is -1.86. The third-order valence-electron chi connectivity index (χ3n) is 1.01. The highest BCUT2D eigenvalue weighted by atomic mass is 35.5. The molecule has 0 saturated carbocycles. The summed E-state index contributed by atoms with van der Waals surface area (Å²) in [6, 6.07) is 7.02. The molecule has 1 aromatic rings. The van der Waals surface area contributed by atoms with Crippen molar-refractivity contribution in [2.45, 2.75) is 6.92 Å². The van der Waals surface area contributed by atoms with E-state index < -0.39 is 0 Å². The third kappa shape index (κ3) is 7.59. The summed E-state index contributed by atoms with van der Waals surface area (Å²) >= 11 is 11.1. The number of carbonyl (C=O) groups excluding carboxylic acids is 1. The van der Waals surface area contributed by atoms with Crippen LogP contribution in [0.2, 0.25) is 10.0 Å². The van der Waals surface area contributed by atoms with Crippen LogP contribution < -0.4 is 11.3 Å². The molecule has 0 aromatic heterocycles. The predicted molar refractivity (Wildman–Crippen MR) is 54.5 cm³/mol. The first-order chi connectivity index (χ1) is 6.06. The average molecular weight is 221 g/mol. The van der Waals surface area contributed by atoms with Gasteiger partial charge in [0, 0.05) is 17.0 Å². The van der Waals surface area contributed by atoms with Crippen molar-refractivity contribution >= 4 is 29.1 Å². The van der Waals surface area contributed by atoms with E-state index in [1.54, 1.807) is 24.3 Å². The standard InChI is InChI=1S/C6H4Cl2.C2H6N2O/c7-5-1-2-6(8)4-3-5;1-2(5)4-3/h1-4H;3H2,1H3,(H,4,5). The summed E-state index contributed by atoms with van der Waals surface area (Å²) in [6.07, 6.45) is 0. The van der Waals surface area contributed by atoms with Gasteiger partial charge in [-0.3, -0.25) is 10.2 Å². The maximum Gasteiger partial charge on any atom is 0.230 e. The Morgan fingerprint density at radius 3 is 1.62 bits per heavy atom. The summed E-state index contributed by atoms with van der Waals surface area (Å²) in [4.78, 5) is 9.58. The lowest BCUT2D eigenvalue weighted by Crippen LogP contribution is -2.26. The Hall–Kier alpha value is -0.770. The van der Waals surface area contributed by atoms with Gasteiger partial charge in [0.2, 0.25) is 5.91 Å². The number of halogens is 2. The fourth-order valence-corrected chi connectivity index (χ4v) is 0.682. The van der Waals surface area contributed by atoms with Gasteiger partial charge in [0.05, 0.1) is 0 Å². The van der Waals surface area contributed by atoms with Crippen molar-refractivity contribution < 1.29 is 4.79 Å². The lowest BCUT2D eigenvalue weighted by molar-refractivity contribution is -0.119. The molecule has 3 N–H and O–H groups in total. The fourth-order valence-electron chi connectivity index (χ4n) is 0.430. The van der Waals surface area contributed by atoms with E-state index in [1.165, 1.54) is 6.92 Å². The Morgan fingerprint density at radius 2 is 1.46 bits per heavy atom. The smallest absolute Gasteiger partial charge is 0.230 e. The van der Waals surface area contributed by atoms with E-state index in [1.807, 2.05) is 5.43 Å². The van der Waals surface area contributed by atoms with Crippen LogP contribution in [0.15, 0.2) is 24.3 Å². The first-order valence-corrected chi connectivity index (χ1v) is 4.20. The van der Waals surface area contributed by atoms with E-state index in [9.17, 15) is 4.79 Å². The summed E-state index contributed by atoms with van der Waals surface area (Å²) in [5.74, 6) is 4.35. The molecule has 0 spiro atoms. The third-order valence-corrected chi connectivity index (χ3v) is 1.51. The van der Waals surface area contributed by atoms with Gasteiger partial charge < -0.3 is 0 Å². The summed E-state index contributed by atoms with van der Waals surface area (Å²) in [7, 11) is 0. The van der Waals surface area contributed by atoms with Gasteiger partial charge in [0.1, 0.15) is 0 Å². The second-order valence-corrected chi connectivity index (χ2v) is 3.01. The fraction of sp³-hybridized carbons (Fsp3) is 0.125. The first-order valence-electron chi connectivity index (χ1n) is 3.44. The van der Waals surface area contributed by atoms with Crippen LogP contribution in [0.3, 0.4) is 0 Å². The van der Waals surface area contributed by atoms with Gasteiger partial charge in [-0.2, -0.15) is 0 Å². The Bertz CT molecular complexity index is 240. The van der Waals surface area contributed by atoms with Crippen LogP contribution in [0.4, 0.5) is 0 Å². The minimum atomic E-state index is -0.218. The van der Waals surface area contributed by atoms with E-state index in [-0.39, 0.29) is 5.91 Å². The molecule has 0 fully saturated rings. The first kappa shape index (κ1) is 12.2. The molecule has 0 unspecified atom stereocenters. The normalized spacial score (nSPS) is 8.31. The molecule has 13 heavy (non-hydrogen) atoms. The molecule has 0 bridgehead atoms. The number of amides is 1. The van der Waals surface area contributed by atoms with Gasteiger partial charge in [-0.1, -0.05) is 23.2 Å². The highest BCUT2D eigenvalue weighted by Gasteiger charge is 1.83. The number of hydrazine groups is 1. The van der Waals surface area contributed by atoms with Crippen molar-refractivity contribution in [2.75, 3.05) is 0 Å². The average Bonchev–Trinajstić information content (AvgIpc) is 2.11. The van der Waals surface area contributed by atoms with Crippen molar-refractivity contribution in [2.24, 2.45) is 5.84 Å². The van der Waals surface area contributed by atoms with E-state index in [0.29, 0.717) is 0 Å². The topological polar surface area (TPSA) is 55.1 Å². The minimum Gasteiger partial charge on any atom is -0.295 e. The van der Waals surface area contributed by atoms with Crippen LogP contribution in [-0.2, 0) is 4.79 Å². The number of carbonyl (C=O) groups is 1. The molecule has 1 rings (SSSR count). The lowest BCUT2D eigenvalue weighted by atomic mass is 10.4. The van der Waals surface area contributed by atoms with Crippen LogP contribution >= 0.6 is 23.2 Å². The van der Waals surface area contributed by atoms with Crippen molar-refractivity contribution in [3.63, 3.8) is 0 Å². The van der Waals surface area contributed by atoms with Crippen molar-refractivity contribution in [1.82, 2.24) is 5.43 Å². The number of hydrogen-bond acceptors (Lipinski definition) is 2. The second-order valence-electron chi connectivity index (χ2n) is 2.14. The van der Waals surface area contributed by atoms with Crippen molar-refractivity contribution in [1.29, 1.82) is 0 Å². The Kier molecular flexibility index (Phi) is 6.32. The van der Waals surface area contributed by atoms with Crippen molar-refractivity contribution in [3.05, 3.63) is 34.3 Å². The highest BCUT2D eigenvalue weighted by molar-refractivity contribution is 6.32. The molecule has 72 valence electrons. The second kappa shape index (κ2) is 6.71. The SMILES string of the molecule is CC(=O)NN.Clc1ccc(Cl)cc1. The molecule has 1 aromatic carbocycles. The minimum absolute atomic E-state index is 0.218. The van der Waals surface area contributed by atoms with Gasteiger partial charge >= 0.3 is 0 Å². The Balaban J connectivity index is 0.000000252. The van der Waals surface area contributed by atoms with Crippen LogP contribution in [-0.4, -0.2) is 5.91 Å². The van der Waals surface area contributed by atoms with E-state index in [0.717, 1.165) is 10.0 Å². The maximum absolute atomic E-state index is 9.58. The largest absolute Gasteiger partial charge is 0.295 e. The van der Waals surface area contributed by atoms with E-state index in [4.69, 9.17) is 23.2 Å². The molecule has 0 heterocycles. The number of rotatable bonds is 0. The van der Waals surface area contributed by atoms with Gasteiger partial charge in [0.25, 0.3) is 0 Å². The Labute approximate surface area is 86.8 Å². The summed E-state index contributed by atoms with van der Waals surface area (Å²) in [6.45, 7) is 1.35. The zero-order valence-corrected chi connectivity index (χ0v) is 8.56. The molecular weight excluding hydrogens is 211 g/mol.